The maximum absolute atomic E-state index is 16.0. The minimum atomic E-state index is -1.93. The van der Waals surface area contributed by atoms with Crippen molar-refractivity contribution in [2.24, 2.45) is 69.7 Å². The molecule has 12 amide bonds. The Morgan fingerprint density at radius 3 is 1.93 bits per heavy atom. The number of H-pyrrole nitrogens is 1. The summed E-state index contributed by atoms with van der Waals surface area (Å²) >= 11 is 1.00. The summed E-state index contributed by atoms with van der Waals surface area (Å²) in [7, 11) is 1.51. The highest BCUT2D eigenvalue weighted by molar-refractivity contribution is 7.99. The number of fused-ring (bicyclic) bond motifs is 2. The maximum Gasteiger partial charge on any atom is 0.303 e. The van der Waals surface area contributed by atoms with Gasteiger partial charge in [0.1, 0.15) is 30.0 Å². The maximum atomic E-state index is 16.0. The van der Waals surface area contributed by atoms with Gasteiger partial charge in [-0.2, -0.15) is 11.8 Å². The smallest absolute Gasteiger partial charge is 0.303 e. The highest BCUT2D eigenvalue weighted by atomic mass is 32.2. The summed E-state index contributed by atoms with van der Waals surface area (Å²) in [6.07, 6.45) is -8.99. The van der Waals surface area contributed by atoms with E-state index in [4.69, 9.17) is 55.0 Å². The van der Waals surface area contributed by atoms with Crippen molar-refractivity contribution in [2.45, 2.75) is 209 Å². The summed E-state index contributed by atoms with van der Waals surface area (Å²) in [5.41, 5.74) is 39.0. The molecular formula is C88H121N17O22S. The van der Waals surface area contributed by atoms with Crippen molar-refractivity contribution in [1.29, 1.82) is 5.41 Å². The Hall–Kier alpha value is -12.4. The second-order valence-electron chi connectivity index (χ2n) is 32.6. The number of thioether (sulfide) groups is 1. The van der Waals surface area contributed by atoms with E-state index in [2.05, 4.69) is 47.5 Å². The van der Waals surface area contributed by atoms with Gasteiger partial charge in [-0.05, 0) is 117 Å². The van der Waals surface area contributed by atoms with Crippen LogP contribution in [0.15, 0.2) is 97.2 Å². The van der Waals surface area contributed by atoms with E-state index < -0.39 is 266 Å². The van der Waals surface area contributed by atoms with Crippen LogP contribution in [0.25, 0.3) is 21.7 Å². The second kappa shape index (κ2) is 50.8. The monoisotopic (exact) mass is 1800 g/mol. The highest BCUT2D eigenvalue weighted by Crippen LogP contribution is 2.32. The van der Waals surface area contributed by atoms with Gasteiger partial charge < -0.3 is 107 Å². The number of carbonyl (C=O) groups is 18. The summed E-state index contributed by atoms with van der Waals surface area (Å²) in [6.45, 7) is 1.10. The fourth-order valence-electron chi connectivity index (χ4n) is 15.4. The molecule has 0 saturated carbocycles. The molecule has 2 aliphatic heterocycles. The number of primary amides is 5. The van der Waals surface area contributed by atoms with Crippen molar-refractivity contribution >= 4 is 145 Å². The number of Topliss-reactive ketones (excluding diaryl/α,β-unsaturated/α-hetero) is 5. The van der Waals surface area contributed by atoms with Crippen molar-refractivity contribution in [2.75, 3.05) is 44.9 Å². The number of rotatable bonds is 47. The number of hydrogen-bond donors (Lipinski definition) is 19. The Morgan fingerprint density at radius 2 is 1.28 bits per heavy atom. The van der Waals surface area contributed by atoms with E-state index in [0.717, 1.165) is 29.5 Å². The lowest BCUT2D eigenvalue weighted by Crippen LogP contribution is -2.59. The summed E-state index contributed by atoms with van der Waals surface area (Å²) in [6, 6.07) is 14.8. The molecule has 2 aliphatic rings. The molecule has 0 bridgehead atoms. The molecule has 7 rings (SSSR count). The number of aliphatic carboxylic acids is 1. The molecule has 4 aromatic carbocycles. The summed E-state index contributed by atoms with van der Waals surface area (Å²) in [5.74, 6) is -25.2. The van der Waals surface area contributed by atoms with Crippen LogP contribution in [0.5, 0.6) is 5.75 Å². The molecule has 39 nitrogen and oxygen atoms in total. The number of carbonyl (C=O) groups excluding carboxylic acids is 17. The molecule has 2 fully saturated rings. The molecule has 1 aromatic heterocycles. The number of amides is 12. The number of para-hydroxylation sites is 1. The number of ketones is 5. The molecule has 13 unspecified atom stereocenters. The molecule has 5 aromatic rings. The van der Waals surface area contributed by atoms with E-state index in [0.29, 0.717) is 46.2 Å². The normalized spacial score (nSPS) is 19.5. The van der Waals surface area contributed by atoms with Gasteiger partial charge in [0.25, 0.3) is 0 Å². The number of aromatic nitrogens is 1. The number of nitrogens with one attached hydrogen (secondary N) is 10. The number of benzene rings is 4. The number of carboxylic acids is 1. The fraction of sp³-hybridized carbons (Fsp3) is 0.511. The molecular weight excluding hydrogens is 1680 g/mol. The molecule has 26 N–H and O–H groups in total. The number of likely N-dealkylation sites (N-methyl/N-ethyl adjacent to an activating group) is 1. The summed E-state index contributed by atoms with van der Waals surface area (Å²) < 4.78 is 11.5. The average molecular weight is 1800 g/mol. The van der Waals surface area contributed by atoms with Crippen LogP contribution in [-0.2, 0) is 110 Å². The van der Waals surface area contributed by atoms with E-state index in [9.17, 15) is 63.0 Å². The fourth-order valence-corrected chi connectivity index (χ4v) is 16.6. The number of aliphatic hydroxyl groups is 1. The Labute approximate surface area is 744 Å². The number of aliphatic hydroxyl groups excluding tert-OH is 1. The second-order valence-corrected chi connectivity index (χ2v) is 33.8. The first kappa shape index (κ1) is 103. The number of nitrogens with two attached hydrogens (primary N) is 7. The molecule has 696 valence electrons. The largest absolute Gasteiger partial charge is 0.492 e. The predicted molar refractivity (Wildman–Crippen MR) is 472 cm³/mol. The number of hydrogen-bond acceptors (Lipinski definition) is 25. The predicted octanol–water partition coefficient (Wildman–Crippen LogP) is -0.382. The third-order valence-electron chi connectivity index (χ3n) is 22.7. The van der Waals surface area contributed by atoms with Crippen LogP contribution in [0.1, 0.15) is 153 Å². The lowest BCUT2D eigenvalue weighted by atomic mass is 9.79. The molecule has 13 atom stereocenters. The number of amidine groups is 1. The van der Waals surface area contributed by atoms with Gasteiger partial charge in [0.2, 0.25) is 70.9 Å². The van der Waals surface area contributed by atoms with Gasteiger partial charge in [-0.3, -0.25) is 91.7 Å². The Morgan fingerprint density at radius 1 is 0.633 bits per heavy atom. The number of aromatic amines is 1. The Kier molecular flexibility index (Phi) is 40.8. The van der Waals surface area contributed by atoms with E-state index in [1.807, 2.05) is 18.2 Å². The SMILES string of the molecule is CNC(CCCCC(=N)N)C(=O)NC1CCSCC(C(=O)NC(Cc2ccc(OCCN)cc2)C(=O)CC(Cc2ccc3ccccc3c2)C(=O)NC2(C(=O)CC(CCC(=O)O)C(=O)NC(CC(N)=O)C(=O)CC(CC(N)=O)C(N)=O)CCOCC2)CC(=O)C(CCC(N)=O)NC(=O)C(Cc2c[nH]c3ccccc23)NC(=O)C(C(C)O)NC(=O)C(CCC(N)=O)CC1=O.[2HH]. The first-order chi connectivity index (χ1) is 60.8. The average Bonchev–Trinajstić information content (AvgIpc) is 1.79. The molecule has 2 saturated heterocycles. The first-order valence-corrected chi connectivity index (χ1v) is 43.7. The quantitative estimate of drug-likeness (QED) is 0.0134. The highest BCUT2D eigenvalue weighted by Gasteiger charge is 2.46. The number of ether oxygens (including phenoxy) is 2. The van der Waals surface area contributed by atoms with Gasteiger partial charge in [-0.15, -0.1) is 0 Å². The third-order valence-corrected chi connectivity index (χ3v) is 23.9. The van der Waals surface area contributed by atoms with Crippen LogP contribution in [0.2, 0.25) is 0 Å². The van der Waals surface area contributed by atoms with E-state index in [1.165, 1.54) is 7.05 Å². The van der Waals surface area contributed by atoms with Gasteiger partial charge >= 0.3 is 5.97 Å². The Bertz CT molecular complexity index is 4830. The van der Waals surface area contributed by atoms with Crippen LogP contribution in [0.4, 0.5) is 0 Å². The molecule has 0 spiro atoms. The zero-order valence-electron chi connectivity index (χ0n) is 71.8. The van der Waals surface area contributed by atoms with Gasteiger partial charge in [0.15, 0.2) is 28.9 Å². The van der Waals surface area contributed by atoms with Crippen LogP contribution in [0.3, 0.4) is 0 Å². The summed E-state index contributed by atoms with van der Waals surface area (Å²) in [4.78, 5) is 258. The zero-order valence-corrected chi connectivity index (χ0v) is 72.6. The standard InChI is InChI=1S/C88H119N17O22S.H2/c1-48(106)79-87(125)103-67(38-57-46-98-61-12-6-5-11-60(57)61)86(124)99-62(23-25-75(93)113)69(108)42-58(47-128-34-27-63(68(107)39-53(82(120)104-79)19-24-74(92)112)100-85(123)64(97-2)13-7-8-14-73(90)91)83(121)101-65(37-49-16-21-59(22-17-49)127-33-30-89)71(110)41-56(36-50-15-18-51-9-3-4-10-52(51)35-50)84(122)105-88(28-31-126-32-29-88)72(111)43-54(20-26-78(116)117)81(119)102-66(45-77(95)115)70(109)40-55(80(96)118)44-76(94)114;/h3-6,9-12,15-18,21-22,35,46,48,53-56,58,62-67,79,97-98,106H,7-8,13-14,19-20,23-34,36-45,47,89H2,1-2H3,(H3,90,91)(H2,92,112)(H2,93,113)(H2,94,114)(H2,95,115)(H2,96,118)(H,99,124)(H,100,123)(H,101,121)(H,102,119)(H,103,125)(H,104,120)(H,105,122)(H,116,117);1H/i;1+1. The number of unbranched alkanes of at least 4 members (excludes halogenated alkanes) is 1. The van der Waals surface area contributed by atoms with Crippen molar-refractivity contribution < 1.29 is 107 Å². The van der Waals surface area contributed by atoms with Gasteiger partial charge in [0, 0.05) is 145 Å². The molecule has 0 aliphatic carbocycles. The summed E-state index contributed by atoms with van der Waals surface area (Å²) in [5, 5.41) is 52.7. The van der Waals surface area contributed by atoms with E-state index in [-0.39, 0.29) is 103 Å². The van der Waals surface area contributed by atoms with Crippen LogP contribution >= 0.6 is 11.8 Å². The van der Waals surface area contributed by atoms with Crippen LogP contribution in [-0.4, -0.2) is 226 Å². The lowest BCUT2D eigenvalue weighted by Gasteiger charge is -2.38. The minimum Gasteiger partial charge on any atom is -0.492 e. The molecule has 3 heterocycles. The zero-order chi connectivity index (χ0) is 93.9. The molecule has 0 radical (unpaired) electrons. The van der Waals surface area contributed by atoms with Crippen LogP contribution in [0, 0.1) is 35.0 Å². The van der Waals surface area contributed by atoms with E-state index in [1.54, 1.807) is 79.0 Å². The van der Waals surface area contributed by atoms with Gasteiger partial charge in [0.05, 0.1) is 60.4 Å². The lowest BCUT2D eigenvalue weighted by molar-refractivity contribution is -0.142. The van der Waals surface area contributed by atoms with Crippen LogP contribution < -0.4 is 87.4 Å². The van der Waals surface area contributed by atoms with Crippen molar-refractivity contribution in [3.05, 3.63) is 114 Å². The van der Waals surface area contributed by atoms with Gasteiger partial charge in [-0.1, -0.05) is 79.2 Å². The van der Waals surface area contributed by atoms with Crippen molar-refractivity contribution in [1.82, 2.24) is 47.5 Å². The van der Waals surface area contributed by atoms with E-state index >= 15 is 33.6 Å². The minimum absolute atomic E-state index is 0. The Balaban J connectivity index is 0.0000257. The molecule has 128 heavy (non-hydrogen) atoms. The third kappa shape index (κ3) is 32.8. The van der Waals surface area contributed by atoms with Crippen molar-refractivity contribution in [3.8, 4) is 5.75 Å². The topological polar surface area (TPSA) is 684 Å². The van der Waals surface area contributed by atoms with Crippen molar-refractivity contribution in [3.63, 3.8) is 0 Å². The first-order valence-electron chi connectivity index (χ1n) is 42.6. The number of carboxylic acid groups (broad SMARTS) is 1. The molecule has 40 heteroatoms. The van der Waals surface area contributed by atoms with Gasteiger partial charge in [-0.25, -0.2) is 0 Å².